The van der Waals surface area contributed by atoms with Gasteiger partial charge in [0.1, 0.15) is 5.58 Å². The number of rotatable bonds is 3. The lowest BCUT2D eigenvalue weighted by molar-refractivity contribution is 0.102. The predicted octanol–water partition coefficient (Wildman–Crippen LogP) is 3.80. The SMILES string of the molecule is O=C(Nc1nnc(-c2cc3ccccc3o2)o1)c1cccs1. The Morgan fingerprint density at radius 2 is 2.00 bits per heavy atom. The first-order chi connectivity index (χ1) is 10.8. The number of carbonyl (C=O) groups is 1. The first kappa shape index (κ1) is 12.8. The number of amides is 1. The van der Waals surface area contributed by atoms with Gasteiger partial charge in [0.25, 0.3) is 11.8 Å². The molecule has 0 aliphatic heterocycles. The van der Waals surface area contributed by atoms with Crippen LogP contribution in [0, 0.1) is 0 Å². The number of benzene rings is 1. The number of furan rings is 1. The van der Waals surface area contributed by atoms with Crippen molar-refractivity contribution in [3.63, 3.8) is 0 Å². The van der Waals surface area contributed by atoms with Gasteiger partial charge in [-0.1, -0.05) is 29.4 Å². The summed E-state index contributed by atoms with van der Waals surface area (Å²) in [6, 6.07) is 13.0. The molecule has 4 aromatic rings. The van der Waals surface area contributed by atoms with E-state index >= 15 is 0 Å². The van der Waals surface area contributed by atoms with E-state index in [1.54, 1.807) is 12.1 Å². The molecule has 4 rings (SSSR count). The Kier molecular flexibility index (Phi) is 2.97. The molecule has 0 atom stereocenters. The van der Waals surface area contributed by atoms with E-state index in [4.69, 9.17) is 8.83 Å². The number of nitrogens with zero attached hydrogens (tertiary/aromatic N) is 2. The summed E-state index contributed by atoms with van der Waals surface area (Å²) in [6.45, 7) is 0. The molecule has 3 heterocycles. The van der Waals surface area contributed by atoms with Gasteiger partial charge < -0.3 is 8.83 Å². The zero-order valence-electron chi connectivity index (χ0n) is 11.1. The molecule has 0 aliphatic carbocycles. The van der Waals surface area contributed by atoms with E-state index in [2.05, 4.69) is 15.5 Å². The molecule has 0 aliphatic rings. The van der Waals surface area contributed by atoms with E-state index < -0.39 is 0 Å². The first-order valence-corrected chi connectivity index (χ1v) is 7.35. The first-order valence-electron chi connectivity index (χ1n) is 6.47. The summed E-state index contributed by atoms with van der Waals surface area (Å²) in [6.07, 6.45) is 0. The number of hydrogen-bond acceptors (Lipinski definition) is 6. The van der Waals surface area contributed by atoms with E-state index in [1.807, 2.05) is 35.7 Å². The van der Waals surface area contributed by atoms with Crippen molar-refractivity contribution in [1.82, 2.24) is 10.2 Å². The normalized spacial score (nSPS) is 10.9. The molecule has 0 fully saturated rings. The molecule has 0 saturated heterocycles. The molecule has 0 unspecified atom stereocenters. The molecule has 1 amide bonds. The van der Waals surface area contributed by atoms with Crippen LogP contribution in [0.2, 0.25) is 0 Å². The van der Waals surface area contributed by atoms with Gasteiger partial charge in [0.15, 0.2) is 5.76 Å². The fourth-order valence-electron chi connectivity index (χ4n) is 2.03. The van der Waals surface area contributed by atoms with Crippen LogP contribution in [0.3, 0.4) is 0 Å². The van der Waals surface area contributed by atoms with Crippen LogP contribution in [0.1, 0.15) is 9.67 Å². The minimum Gasteiger partial charge on any atom is -0.451 e. The largest absolute Gasteiger partial charge is 0.451 e. The summed E-state index contributed by atoms with van der Waals surface area (Å²) >= 11 is 1.34. The Bertz CT molecular complexity index is 907. The van der Waals surface area contributed by atoms with Crippen LogP contribution in [0.5, 0.6) is 0 Å². The van der Waals surface area contributed by atoms with Crippen LogP contribution in [-0.4, -0.2) is 16.1 Å². The van der Waals surface area contributed by atoms with Gasteiger partial charge in [-0.3, -0.25) is 10.1 Å². The summed E-state index contributed by atoms with van der Waals surface area (Å²) in [4.78, 5) is 12.5. The summed E-state index contributed by atoms with van der Waals surface area (Å²) in [5.41, 5.74) is 0.736. The maximum Gasteiger partial charge on any atom is 0.322 e. The molecule has 3 aromatic heterocycles. The molecule has 1 aromatic carbocycles. The smallest absolute Gasteiger partial charge is 0.322 e. The van der Waals surface area contributed by atoms with E-state index in [0.29, 0.717) is 10.6 Å². The fourth-order valence-corrected chi connectivity index (χ4v) is 2.65. The van der Waals surface area contributed by atoms with Gasteiger partial charge in [-0.15, -0.1) is 16.4 Å². The van der Waals surface area contributed by atoms with Crippen molar-refractivity contribution in [3.8, 4) is 11.7 Å². The molecule has 0 spiro atoms. The summed E-state index contributed by atoms with van der Waals surface area (Å²) < 4.78 is 11.1. The van der Waals surface area contributed by atoms with Gasteiger partial charge in [-0.2, -0.15) is 0 Å². The Balaban J connectivity index is 1.59. The van der Waals surface area contributed by atoms with Crippen molar-refractivity contribution in [2.24, 2.45) is 0 Å². The van der Waals surface area contributed by atoms with Gasteiger partial charge >= 0.3 is 6.01 Å². The highest BCUT2D eigenvalue weighted by atomic mass is 32.1. The third-order valence-corrected chi connectivity index (χ3v) is 3.90. The van der Waals surface area contributed by atoms with Crippen LogP contribution in [0.4, 0.5) is 6.01 Å². The van der Waals surface area contributed by atoms with Gasteiger partial charge in [-0.05, 0) is 23.6 Å². The molecule has 7 heteroatoms. The van der Waals surface area contributed by atoms with E-state index in [1.165, 1.54) is 11.3 Å². The Labute approximate surface area is 128 Å². The van der Waals surface area contributed by atoms with Crippen molar-refractivity contribution in [3.05, 3.63) is 52.7 Å². The molecule has 0 radical (unpaired) electrons. The second-order valence-electron chi connectivity index (χ2n) is 4.49. The Morgan fingerprint density at radius 3 is 2.82 bits per heavy atom. The lowest BCUT2D eigenvalue weighted by Crippen LogP contribution is -2.10. The molecule has 1 N–H and O–H groups in total. The average molecular weight is 311 g/mol. The van der Waals surface area contributed by atoms with E-state index in [-0.39, 0.29) is 17.8 Å². The fraction of sp³-hybridized carbons (Fsp3) is 0. The highest BCUT2D eigenvalue weighted by molar-refractivity contribution is 7.12. The van der Waals surface area contributed by atoms with Crippen LogP contribution in [-0.2, 0) is 0 Å². The van der Waals surface area contributed by atoms with Crippen molar-refractivity contribution in [2.75, 3.05) is 5.32 Å². The van der Waals surface area contributed by atoms with Crippen molar-refractivity contribution in [2.45, 2.75) is 0 Å². The van der Waals surface area contributed by atoms with Gasteiger partial charge in [0.05, 0.1) is 4.88 Å². The Morgan fingerprint density at radius 1 is 1.09 bits per heavy atom. The maximum absolute atomic E-state index is 11.9. The quantitative estimate of drug-likeness (QED) is 0.622. The number of thiophene rings is 1. The number of fused-ring (bicyclic) bond motifs is 1. The molecule has 0 bridgehead atoms. The van der Waals surface area contributed by atoms with Crippen molar-refractivity contribution < 1.29 is 13.6 Å². The lowest BCUT2D eigenvalue weighted by Gasteiger charge is -1.95. The topological polar surface area (TPSA) is 81.2 Å². The van der Waals surface area contributed by atoms with Crippen LogP contribution in [0.15, 0.2) is 56.7 Å². The Hall–Kier alpha value is -2.93. The zero-order valence-corrected chi connectivity index (χ0v) is 12.0. The maximum atomic E-state index is 11.9. The molecule has 0 saturated carbocycles. The third-order valence-electron chi connectivity index (χ3n) is 3.03. The number of carbonyl (C=O) groups excluding carboxylic acids is 1. The standard InChI is InChI=1S/C15H9N3O3S/c19-13(12-6-3-7-22-12)16-15-18-17-14(21-15)11-8-9-4-1-2-5-10(9)20-11/h1-8H,(H,16,18,19). The van der Waals surface area contributed by atoms with Crippen LogP contribution >= 0.6 is 11.3 Å². The zero-order chi connectivity index (χ0) is 14.9. The summed E-state index contributed by atoms with van der Waals surface area (Å²) in [7, 11) is 0. The molecule has 108 valence electrons. The summed E-state index contributed by atoms with van der Waals surface area (Å²) in [5.74, 6) is 0.401. The van der Waals surface area contributed by atoms with Gasteiger partial charge in [-0.25, -0.2) is 0 Å². The van der Waals surface area contributed by atoms with Crippen molar-refractivity contribution >= 4 is 34.2 Å². The minimum absolute atomic E-state index is 0.0360. The molecular weight excluding hydrogens is 302 g/mol. The van der Waals surface area contributed by atoms with Crippen LogP contribution in [0.25, 0.3) is 22.6 Å². The highest BCUT2D eigenvalue weighted by Crippen LogP contribution is 2.27. The predicted molar refractivity (Wildman–Crippen MR) is 81.8 cm³/mol. The molecular formula is C15H9N3O3S. The second kappa shape index (κ2) is 5.12. The number of nitrogens with one attached hydrogen (secondary N) is 1. The lowest BCUT2D eigenvalue weighted by atomic mass is 10.2. The number of hydrogen-bond donors (Lipinski definition) is 1. The van der Waals surface area contributed by atoms with Gasteiger partial charge in [0, 0.05) is 5.39 Å². The van der Waals surface area contributed by atoms with Crippen molar-refractivity contribution in [1.29, 1.82) is 0 Å². The highest BCUT2D eigenvalue weighted by Gasteiger charge is 2.16. The van der Waals surface area contributed by atoms with E-state index in [9.17, 15) is 4.79 Å². The van der Waals surface area contributed by atoms with E-state index in [0.717, 1.165) is 11.0 Å². The third kappa shape index (κ3) is 2.27. The van der Waals surface area contributed by atoms with Crippen LogP contribution < -0.4 is 5.32 Å². The summed E-state index contributed by atoms with van der Waals surface area (Å²) in [5, 5.41) is 13.0. The second-order valence-corrected chi connectivity index (χ2v) is 5.44. The number of para-hydroxylation sites is 1. The number of aromatic nitrogens is 2. The molecule has 22 heavy (non-hydrogen) atoms. The number of anilines is 1. The minimum atomic E-state index is -0.283. The molecule has 6 nitrogen and oxygen atoms in total. The average Bonchev–Trinajstić information content (AvgIpc) is 3.26. The van der Waals surface area contributed by atoms with Gasteiger partial charge in [0.2, 0.25) is 0 Å². The monoisotopic (exact) mass is 311 g/mol.